The Labute approximate surface area is 169 Å². The molecule has 28 heavy (non-hydrogen) atoms. The lowest BCUT2D eigenvalue weighted by atomic mass is 10.0. The van der Waals surface area contributed by atoms with Crippen molar-refractivity contribution in [1.29, 1.82) is 0 Å². The molecule has 0 spiro atoms. The van der Waals surface area contributed by atoms with E-state index in [1.807, 2.05) is 67.6 Å². The van der Waals surface area contributed by atoms with Gasteiger partial charge >= 0.3 is 0 Å². The Bertz CT molecular complexity index is 1030. The SMILES string of the molecule is CCNS(=O)(=O)c1sc(C)c(N=C(c2ccccc2)c2ccccc2)c1OC. The normalized spacial score (nSPS) is 11.2. The van der Waals surface area contributed by atoms with Crippen LogP contribution in [-0.2, 0) is 10.0 Å². The van der Waals surface area contributed by atoms with Crippen LogP contribution in [0.3, 0.4) is 0 Å². The third-order valence-corrected chi connectivity index (χ3v) is 7.20. The lowest BCUT2D eigenvalue weighted by Crippen LogP contribution is -2.22. The molecule has 0 aliphatic heterocycles. The molecular weight excluding hydrogens is 392 g/mol. The molecule has 1 aromatic heterocycles. The van der Waals surface area contributed by atoms with Gasteiger partial charge in [-0.1, -0.05) is 67.6 Å². The third kappa shape index (κ3) is 4.16. The van der Waals surface area contributed by atoms with Gasteiger partial charge in [-0.25, -0.2) is 18.1 Å². The highest BCUT2D eigenvalue weighted by atomic mass is 32.2. The lowest BCUT2D eigenvalue weighted by Gasteiger charge is -2.09. The molecule has 3 aromatic rings. The van der Waals surface area contributed by atoms with E-state index in [1.165, 1.54) is 7.11 Å². The lowest BCUT2D eigenvalue weighted by molar-refractivity contribution is 0.407. The summed E-state index contributed by atoms with van der Waals surface area (Å²) in [6, 6.07) is 19.6. The van der Waals surface area contributed by atoms with Gasteiger partial charge < -0.3 is 4.74 Å². The second-order valence-corrected chi connectivity index (χ2v) is 9.21. The number of aliphatic imine (C=N–C) groups is 1. The number of methoxy groups -OCH3 is 1. The number of rotatable bonds is 7. The minimum Gasteiger partial charge on any atom is -0.492 e. The van der Waals surface area contributed by atoms with E-state index >= 15 is 0 Å². The maximum Gasteiger partial charge on any atom is 0.253 e. The molecule has 146 valence electrons. The second kappa shape index (κ2) is 8.68. The summed E-state index contributed by atoms with van der Waals surface area (Å²) in [5.41, 5.74) is 3.18. The Balaban J connectivity index is 2.23. The van der Waals surface area contributed by atoms with Gasteiger partial charge in [0.05, 0.1) is 12.8 Å². The Kier molecular flexibility index (Phi) is 6.28. The van der Waals surface area contributed by atoms with Gasteiger partial charge in [-0.15, -0.1) is 11.3 Å². The van der Waals surface area contributed by atoms with Crippen LogP contribution >= 0.6 is 11.3 Å². The molecule has 1 heterocycles. The van der Waals surface area contributed by atoms with E-state index in [4.69, 9.17) is 9.73 Å². The zero-order valence-electron chi connectivity index (χ0n) is 16.0. The molecule has 0 atom stereocenters. The van der Waals surface area contributed by atoms with E-state index in [0.717, 1.165) is 33.1 Å². The van der Waals surface area contributed by atoms with Crippen LogP contribution in [0.1, 0.15) is 22.9 Å². The molecule has 0 bridgehead atoms. The van der Waals surface area contributed by atoms with Crippen molar-refractivity contribution < 1.29 is 13.2 Å². The van der Waals surface area contributed by atoms with Crippen LogP contribution in [0.15, 0.2) is 69.9 Å². The molecule has 0 saturated carbocycles. The van der Waals surface area contributed by atoms with Crippen molar-refractivity contribution in [3.63, 3.8) is 0 Å². The Morgan fingerprint density at radius 2 is 1.57 bits per heavy atom. The van der Waals surface area contributed by atoms with Gasteiger partial charge in [-0.3, -0.25) is 0 Å². The first-order chi connectivity index (χ1) is 13.5. The van der Waals surface area contributed by atoms with E-state index in [2.05, 4.69) is 4.72 Å². The minimum atomic E-state index is -3.65. The van der Waals surface area contributed by atoms with Crippen LogP contribution in [-0.4, -0.2) is 27.8 Å². The average Bonchev–Trinajstić information content (AvgIpc) is 3.03. The fourth-order valence-corrected chi connectivity index (χ4v) is 5.54. The zero-order chi connectivity index (χ0) is 20.1. The molecule has 0 aliphatic carbocycles. The van der Waals surface area contributed by atoms with E-state index in [-0.39, 0.29) is 9.96 Å². The van der Waals surface area contributed by atoms with Crippen molar-refractivity contribution in [2.45, 2.75) is 18.1 Å². The Morgan fingerprint density at radius 1 is 1.04 bits per heavy atom. The van der Waals surface area contributed by atoms with Gasteiger partial charge in [0, 0.05) is 22.5 Å². The van der Waals surface area contributed by atoms with Gasteiger partial charge in [0.2, 0.25) is 0 Å². The number of ether oxygens (including phenoxy) is 1. The number of hydrogen-bond donors (Lipinski definition) is 1. The predicted molar refractivity (Wildman–Crippen MR) is 115 cm³/mol. The Hall–Kier alpha value is -2.48. The number of nitrogens with zero attached hydrogens (tertiary/aromatic N) is 1. The fraction of sp³-hybridized carbons (Fsp3) is 0.190. The van der Waals surface area contributed by atoms with E-state index < -0.39 is 10.0 Å². The number of nitrogens with one attached hydrogen (secondary N) is 1. The molecule has 0 saturated heterocycles. The standard InChI is InChI=1S/C21H22N2O3S2/c1-4-22-28(24,25)21-20(26-3)18(15(2)27-21)23-19(16-11-7-5-8-12-16)17-13-9-6-10-14-17/h5-14,22H,4H2,1-3H3. The van der Waals surface area contributed by atoms with Crippen LogP contribution in [0.2, 0.25) is 0 Å². The summed E-state index contributed by atoms with van der Waals surface area (Å²) in [4.78, 5) is 5.65. The first-order valence-electron chi connectivity index (χ1n) is 8.84. The highest BCUT2D eigenvalue weighted by Gasteiger charge is 2.27. The number of benzene rings is 2. The molecule has 0 amide bonds. The van der Waals surface area contributed by atoms with Crippen molar-refractivity contribution >= 4 is 32.8 Å². The highest BCUT2D eigenvalue weighted by Crippen LogP contribution is 2.44. The number of aryl methyl sites for hydroxylation is 1. The molecule has 0 fully saturated rings. The van der Waals surface area contributed by atoms with E-state index in [0.29, 0.717) is 12.2 Å². The molecule has 0 radical (unpaired) electrons. The zero-order valence-corrected chi connectivity index (χ0v) is 17.6. The van der Waals surface area contributed by atoms with Gasteiger partial charge in [-0.05, 0) is 6.92 Å². The molecular formula is C21H22N2O3S2. The highest BCUT2D eigenvalue weighted by molar-refractivity contribution is 7.91. The molecule has 0 unspecified atom stereocenters. The summed E-state index contributed by atoms with van der Waals surface area (Å²) in [7, 11) is -2.18. The van der Waals surface area contributed by atoms with Crippen molar-refractivity contribution in [3.05, 3.63) is 76.7 Å². The van der Waals surface area contributed by atoms with E-state index in [1.54, 1.807) is 6.92 Å². The number of hydrogen-bond acceptors (Lipinski definition) is 5. The second-order valence-electron chi connectivity index (χ2n) is 6.02. The van der Waals surface area contributed by atoms with Crippen molar-refractivity contribution in [2.24, 2.45) is 4.99 Å². The molecule has 5 nitrogen and oxygen atoms in total. The van der Waals surface area contributed by atoms with Gasteiger partial charge in [-0.2, -0.15) is 0 Å². The number of sulfonamides is 1. The van der Waals surface area contributed by atoms with Gasteiger partial charge in [0.1, 0.15) is 5.69 Å². The molecule has 1 N–H and O–H groups in total. The summed E-state index contributed by atoms with van der Waals surface area (Å²) in [5, 5.41) is 0. The summed E-state index contributed by atoms with van der Waals surface area (Å²) >= 11 is 1.16. The van der Waals surface area contributed by atoms with Gasteiger partial charge in [0.25, 0.3) is 10.0 Å². The summed E-state index contributed by atoms with van der Waals surface area (Å²) in [6.45, 7) is 3.90. The van der Waals surface area contributed by atoms with Crippen molar-refractivity contribution in [1.82, 2.24) is 4.72 Å². The smallest absolute Gasteiger partial charge is 0.253 e. The van der Waals surface area contributed by atoms with Crippen LogP contribution in [0, 0.1) is 6.92 Å². The Morgan fingerprint density at radius 3 is 2.04 bits per heavy atom. The average molecular weight is 415 g/mol. The quantitative estimate of drug-likeness (QED) is 0.578. The van der Waals surface area contributed by atoms with Gasteiger partial charge in [0.15, 0.2) is 9.96 Å². The monoisotopic (exact) mass is 414 g/mol. The molecule has 2 aromatic carbocycles. The van der Waals surface area contributed by atoms with Crippen molar-refractivity contribution in [2.75, 3.05) is 13.7 Å². The van der Waals surface area contributed by atoms with Crippen LogP contribution in [0.25, 0.3) is 0 Å². The molecule has 3 rings (SSSR count). The topological polar surface area (TPSA) is 67.8 Å². The maximum atomic E-state index is 12.6. The fourth-order valence-electron chi connectivity index (χ4n) is 2.83. The van der Waals surface area contributed by atoms with E-state index in [9.17, 15) is 8.42 Å². The summed E-state index contributed by atoms with van der Waals surface area (Å²) < 4.78 is 33.3. The molecule has 7 heteroatoms. The minimum absolute atomic E-state index is 0.147. The maximum absolute atomic E-state index is 12.6. The van der Waals surface area contributed by atoms with Crippen LogP contribution < -0.4 is 9.46 Å². The largest absolute Gasteiger partial charge is 0.492 e. The first kappa shape index (κ1) is 20.3. The first-order valence-corrected chi connectivity index (χ1v) is 11.1. The number of thiophene rings is 1. The van der Waals surface area contributed by atoms with Crippen LogP contribution in [0.4, 0.5) is 5.69 Å². The summed E-state index contributed by atoms with van der Waals surface area (Å²) in [5.74, 6) is 0.271. The third-order valence-electron chi connectivity index (χ3n) is 4.08. The predicted octanol–water partition coefficient (Wildman–Crippen LogP) is 4.53. The summed E-state index contributed by atoms with van der Waals surface area (Å²) in [6.07, 6.45) is 0. The van der Waals surface area contributed by atoms with Crippen LogP contribution in [0.5, 0.6) is 5.75 Å². The molecule has 0 aliphatic rings. The van der Waals surface area contributed by atoms with Crippen molar-refractivity contribution in [3.8, 4) is 5.75 Å².